The summed E-state index contributed by atoms with van der Waals surface area (Å²) in [4.78, 5) is 6.55. The van der Waals surface area contributed by atoms with Gasteiger partial charge in [-0.1, -0.05) is 12.1 Å². The zero-order valence-corrected chi connectivity index (χ0v) is 10.4. The summed E-state index contributed by atoms with van der Waals surface area (Å²) in [5.41, 5.74) is 5.41. The molecule has 2 rings (SSSR count). The highest BCUT2D eigenvalue weighted by Gasteiger charge is 2.24. The predicted octanol–water partition coefficient (Wildman–Crippen LogP) is 1.18. The third-order valence-electron chi connectivity index (χ3n) is 2.71. The predicted molar refractivity (Wildman–Crippen MR) is 63.1 cm³/mol. The van der Waals surface area contributed by atoms with Crippen LogP contribution in [0.4, 0.5) is 0 Å². The third kappa shape index (κ3) is 3.73. The smallest absolute Gasteiger partial charge is 0.240 e. The van der Waals surface area contributed by atoms with Gasteiger partial charge in [0.05, 0.1) is 13.1 Å². The molecule has 0 unspecified atom stereocenters. The van der Waals surface area contributed by atoms with Crippen LogP contribution in [0.5, 0.6) is 0 Å². The maximum atomic E-state index is 5.41. The van der Waals surface area contributed by atoms with Crippen molar-refractivity contribution < 1.29 is 4.52 Å². The monoisotopic (exact) mass is 246 g/mol. The second kappa shape index (κ2) is 6.18. The quantitative estimate of drug-likeness (QED) is 0.817. The van der Waals surface area contributed by atoms with Crippen molar-refractivity contribution in [1.29, 1.82) is 0 Å². The highest BCUT2D eigenvalue weighted by Crippen LogP contribution is 2.29. The van der Waals surface area contributed by atoms with E-state index in [2.05, 4.69) is 22.0 Å². The average molecular weight is 247 g/mol. The lowest BCUT2D eigenvalue weighted by Crippen LogP contribution is -2.25. The average Bonchev–Trinajstić information content (AvgIpc) is 2.95. The summed E-state index contributed by atoms with van der Waals surface area (Å²) >= 11 is 0. The summed E-state index contributed by atoms with van der Waals surface area (Å²) in [5.74, 6) is 2.16. The van der Waals surface area contributed by atoms with E-state index in [1.807, 2.05) is 0 Å². The zero-order valence-electron chi connectivity index (χ0n) is 9.56. The Bertz CT molecular complexity index is 314. The lowest BCUT2D eigenvalue weighted by Gasteiger charge is -2.17. The number of aromatic nitrogens is 2. The van der Waals surface area contributed by atoms with E-state index in [1.54, 1.807) is 0 Å². The van der Waals surface area contributed by atoms with Gasteiger partial charge in [-0.2, -0.15) is 4.98 Å². The number of hydrogen-bond donors (Lipinski definition) is 1. The van der Waals surface area contributed by atoms with Crippen molar-refractivity contribution in [1.82, 2.24) is 15.0 Å². The number of halogens is 1. The van der Waals surface area contributed by atoms with Crippen molar-refractivity contribution in [3.8, 4) is 0 Å². The van der Waals surface area contributed by atoms with Crippen molar-refractivity contribution >= 4 is 12.4 Å². The molecule has 0 aromatic carbocycles. The molecule has 1 saturated carbocycles. The van der Waals surface area contributed by atoms with Gasteiger partial charge in [-0.25, -0.2) is 0 Å². The molecule has 0 bridgehead atoms. The first-order valence-electron chi connectivity index (χ1n) is 5.55. The molecule has 1 aromatic heterocycles. The Morgan fingerprint density at radius 3 is 2.75 bits per heavy atom. The maximum absolute atomic E-state index is 5.41. The van der Waals surface area contributed by atoms with Crippen LogP contribution in [0.15, 0.2) is 4.52 Å². The SMILES string of the molecule is CCN(Cc1noc(CN)n1)CC1CC1.Cl. The highest BCUT2D eigenvalue weighted by molar-refractivity contribution is 5.85. The summed E-state index contributed by atoms with van der Waals surface area (Å²) < 4.78 is 4.97. The molecule has 1 aliphatic rings. The lowest BCUT2D eigenvalue weighted by atomic mass is 10.3. The van der Waals surface area contributed by atoms with Gasteiger partial charge in [0.2, 0.25) is 5.89 Å². The van der Waals surface area contributed by atoms with Crippen LogP contribution in [0.25, 0.3) is 0 Å². The van der Waals surface area contributed by atoms with Crippen LogP contribution >= 0.6 is 12.4 Å². The molecule has 1 heterocycles. The summed E-state index contributed by atoms with van der Waals surface area (Å²) in [5, 5.41) is 3.89. The largest absolute Gasteiger partial charge is 0.338 e. The molecule has 0 saturated heterocycles. The van der Waals surface area contributed by atoms with E-state index in [0.29, 0.717) is 12.4 Å². The Kier molecular flexibility index (Phi) is 5.18. The van der Waals surface area contributed by atoms with Crippen LogP contribution in [-0.2, 0) is 13.1 Å². The van der Waals surface area contributed by atoms with Gasteiger partial charge in [0.25, 0.3) is 0 Å². The first kappa shape index (κ1) is 13.4. The molecule has 0 spiro atoms. The molecule has 1 aliphatic carbocycles. The van der Waals surface area contributed by atoms with E-state index in [4.69, 9.17) is 10.3 Å². The van der Waals surface area contributed by atoms with E-state index in [9.17, 15) is 0 Å². The van der Waals surface area contributed by atoms with Crippen molar-refractivity contribution in [2.75, 3.05) is 13.1 Å². The fourth-order valence-electron chi connectivity index (χ4n) is 1.61. The lowest BCUT2D eigenvalue weighted by molar-refractivity contribution is 0.256. The van der Waals surface area contributed by atoms with Crippen LogP contribution in [0.3, 0.4) is 0 Å². The molecule has 0 aliphatic heterocycles. The summed E-state index contributed by atoms with van der Waals surface area (Å²) in [7, 11) is 0. The van der Waals surface area contributed by atoms with E-state index in [0.717, 1.165) is 31.4 Å². The number of nitrogens with two attached hydrogens (primary N) is 1. The Labute approximate surface area is 102 Å². The summed E-state index contributed by atoms with van der Waals surface area (Å²) in [6.45, 7) is 5.44. The molecular formula is C10H19ClN4O. The molecule has 0 radical (unpaired) electrons. The Hall–Kier alpha value is -0.650. The molecule has 6 heteroatoms. The van der Waals surface area contributed by atoms with Gasteiger partial charge in [0, 0.05) is 6.54 Å². The van der Waals surface area contributed by atoms with Crippen molar-refractivity contribution in [2.45, 2.75) is 32.9 Å². The zero-order chi connectivity index (χ0) is 10.7. The van der Waals surface area contributed by atoms with E-state index >= 15 is 0 Å². The molecule has 0 amide bonds. The van der Waals surface area contributed by atoms with Crippen molar-refractivity contribution in [3.63, 3.8) is 0 Å². The van der Waals surface area contributed by atoms with E-state index in [1.165, 1.54) is 12.8 Å². The third-order valence-corrected chi connectivity index (χ3v) is 2.71. The van der Waals surface area contributed by atoms with Gasteiger partial charge >= 0.3 is 0 Å². The fraction of sp³-hybridized carbons (Fsp3) is 0.800. The van der Waals surface area contributed by atoms with E-state index < -0.39 is 0 Å². The minimum Gasteiger partial charge on any atom is -0.338 e. The molecule has 0 atom stereocenters. The standard InChI is InChI=1S/C10H18N4O.ClH/c1-2-14(6-8-3-4-8)7-9-12-10(5-11)15-13-9;/h8H,2-7,11H2,1H3;1H. The normalized spacial score (nSPS) is 15.2. The Morgan fingerprint density at radius 2 is 2.25 bits per heavy atom. The number of nitrogens with zero attached hydrogens (tertiary/aromatic N) is 3. The minimum absolute atomic E-state index is 0. The Morgan fingerprint density at radius 1 is 1.50 bits per heavy atom. The number of hydrogen-bond acceptors (Lipinski definition) is 5. The van der Waals surface area contributed by atoms with Crippen LogP contribution < -0.4 is 5.73 Å². The molecule has 1 aromatic rings. The molecule has 92 valence electrons. The van der Waals surface area contributed by atoms with Gasteiger partial charge in [-0.05, 0) is 25.3 Å². The summed E-state index contributed by atoms with van der Waals surface area (Å²) in [6.07, 6.45) is 2.74. The maximum Gasteiger partial charge on any atom is 0.240 e. The second-order valence-corrected chi connectivity index (χ2v) is 4.08. The molecular weight excluding hydrogens is 228 g/mol. The van der Waals surface area contributed by atoms with Crippen molar-refractivity contribution in [2.24, 2.45) is 11.7 Å². The summed E-state index contributed by atoms with van der Waals surface area (Å²) in [6, 6.07) is 0. The van der Waals surface area contributed by atoms with Gasteiger partial charge in [0.1, 0.15) is 0 Å². The van der Waals surface area contributed by atoms with Crippen LogP contribution in [0.1, 0.15) is 31.5 Å². The second-order valence-electron chi connectivity index (χ2n) is 4.08. The molecule has 2 N–H and O–H groups in total. The molecule has 5 nitrogen and oxygen atoms in total. The van der Waals surface area contributed by atoms with Gasteiger partial charge in [-0.3, -0.25) is 4.90 Å². The fourth-order valence-corrected chi connectivity index (χ4v) is 1.61. The van der Waals surface area contributed by atoms with Crippen LogP contribution in [0, 0.1) is 5.92 Å². The van der Waals surface area contributed by atoms with Gasteiger partial charge in [0.15, 0.2) is 5.82 Å². The minimum atomic E-state index is 0. The Balaban J connectivity index is 0.00000128. The highest BCUT2D eigenvalue weighted by atomic mass is 35.5. The first-order chi connectivity index (χ1) is 7.31. The van der Waals surface area contributed by atoms with Crippen LogP contribution in [-0.4, -0.2) is 28.1 Å². The molecule has 16 heavy (non-hydrogen) atoms. The van der Waals surface area contributed by atoms with Crippen LogP contribution in [0.2, 0.25) is 0 Å². The topological polar surface area (TPSA) is 68.2 Å². The van der Waals surface area contributed by atoms with Crippen molar-refractivity contribution in [3.05, 3.63) is 11.7 Å². The van der Waals surface area contributed by atoms with E-state index in [-0.39, 0.29) is 12.4 Å². The number of rotatable bonds is 6. The van der Waals surface area contributed by atoms with Gasteiger partial charge in [-0.15, -0.1) is 12.4 Å². The van der Waals surface area contributed by atoms with Gasteiger partial charge < -0.3 is 10.3 Å². The molecule has 1 fully saturated rings. The first-order valence-corrected chi connectivity index (χ1v) is 5.55.